The van der Waals surface area contributed by atoms with Gasteiger partial charge in [-0.1, -0.05) is 18.2 Å². The Morgan fingerprint density at radius 1 is 1.06 bits per heavy atom. The number of aromatic nitrogens is 4. The molecular formula is C23H23N5O3. The number of nitrogens with zero attached hydrogens (tertiary/aromatic N) is 5. The predicted molar refractivity (Wildman–Crippen MR) is 116 cm³/mol. The number of aryl methyl sites for hydroxylation is 1. The lowest BCUT2D eigenvalue weighted by Crippen LogP contribution is -2.25. The van der Waals surface area contributed by atoms with Gasteiger partial charge in [0.15, 0.2) is 17.3 Å². The minimum Gasteiger partial charge on any atom is -0.486 e. The summed E-state index contributed by atoms with van der Waals surface area (Å²) in [5.74, 6) is 3.04. The van der Waals surface area contributed by atoms with Crippen molar-refractivity contribution in [2.75, 3.05) is 19.8 Å². The third-order valence-corrected chi connectivity index (χ3v) is 6.35. The van der Waals surface area contributed by atoms with Gasteiger partial charge < -0.3 is 9.47 Å². The summed E-state index contributed by atoms with van der Waals surface area (Å²) in [6.07, 6.45) is 2.20. The second kappa shape index (κ2) is 7.09. The van der Waals surface area contributed by atoms with Gasteiger partial charge in [0.25, 0.3) is 5.56 Å². The molecule has 2 aromatic heterocycles. The number of para-hydroxylation sites is 1. The first kappa shape index (κ1) is 18.4. The van der Waals surface area contributed by atoms with Crippen LogP contribution in [0.1, 0.15) is 30.3 Å². The van der Waals surface area contributed by atoms with Crippen molar-refractivity contribution in [3.63, 3.8) is 0 Å². The van der Waals surface area contributed by atoms with Crippen molar-refractivity contribution in [1.82, 2.24) is 24.1 Å². The van der Waals surface area contributed by atoms with E-state index in [1.54, 1.807) is 11.6 Å². The van der Waals surface area contributed by atoms with E-state index in [0.717, 1.165) is 42.2 Å². The zero-order valence-electron chi connectivity index (χ0n) is 17.3. The summed E-state index contributed by atoms with van der Waals surface area (Å²) in [7, 11) is 1.75. The Morgan fingerprint density at radius 2 is 1.90 bits per heavy atom. The Labute approximate surface area is 178 Å². The number of fused-ring (bicyclic) bond motifs is 4. The highest BCUT2D eigenvalue weighted by Crippen LogP contribution is 2.38. The number of hydrogen-bond donors (Lipinski definition) is 0. The van der Waals surface area contributed by atoms with Crippen LogP contribution in [-0.2, 0) is 13.6 Å². The van der Waals surface area contributed by atoms with Crippen molar-refractivity contribution < 1.29 is 9.47 Å². The molecule has 8 nitrogen and oxygen atoms in total. The lowest BCUT2D eigenvalue weighted by molar-refractivity contribution is 0.170. The van der Waals surface area contributed by atoms with E-state index >= 15 is 0 Å². The molecule has 2 aliphatic heterocycles. The highest BCUT2D eigenvalue weighted by Gasteiger charge is 2.29. The van der Waals surface area contributed by atoms with Crippen LogP contribution in [0, 0.1) is 0 Å². The minimum atomic E-state index is -0.0580. The Morgan fingerprint density at radius 3 is 2.81 bits per heavy atom. The molecule has 1 unspecified atom stereocenters. The maximum atomic E-state index is 12.7. The normalized spacial score (nSPS) is 18.8. The van der Waals surface area contributed by atoms with Gasteiger partial charge in [0.05, 0.1) is 17.4 Å². The first-order valence-electron chi connectivity index (χ1n) is 10.7. The molecule has 4 aromatic rings. The average molecular weight is 417 g/mol. The summed E-state index contributed by atoms with van der Waals surface area (Å²) in [5.41, 5.74) is 2.01. The monoisotopic (exact) mass is 417 g/mol. The average Bonchev–Trinajstić information content (AvgIpc) is 3.45. The van der Waals surface area contributed by atoms with Crippen molar-refractivity contribution in [3.05, 3.63) is 64.2 Å². The van der Waals surface area contributed by atoms with Gasteiger partial charge in [-0.25, -0.2) is 0 Å². The molecule has 0 spiro atoms. The summed E-state index contributed by atoms with van der Waals surface area (Å²) >= 11 is 0. The largest absolute Gasteiger partial charge is 0.486 e. The quantitative estimate of drug-likeness (QED) is 0.510. The fourth-order valence-corrected chi connectivity index (χ4v) is 4.84. The molecule has 158 valence electrons. The summed E-state index contributed by atoms with van der Waals surface area (Å²) in [5, 5.41) is 9.49. The van der Waals surface area contributed by atoms with Gasteiger partial charge in [0.2, 0.25) is 5.78 Å². The van der Waals surface area contributed by atoms with Crippen LogP contribution in [0.2, 0.25) is 0 Å². The van der Waals surface area contributed by atoms with Crippen molar-refractivity contribution in [2.45, 2.75) is 25.4 Å². The Balaban J connectivity index is 1.39. The maximum absolute atomic E-state index is 12.7. The van der Waals surface area contributed by atoms with Gasteiger partial charge in [-0.2, -0.15) is 0 Å². The van der Waals surface area contributed by atoms with Gasteiger partial charge >= 0.3 is 0 Å². The number of likely N-dealkylation sites (tertiary alicyclic amines) is 1. The Hall–Kier alpha value is -3.39. The van der Waals surface area contributed by atoms with E-state index in [1.807, 2.05) is 34.7 Å². The number of hydrogen-bond acceptors (Lipinski definition) is 6. The van der Waals surface area contributed by atoms with Gasteiger partial charge in [0, 0.05) is 13.1 Å². The van der Waals surface area contributed by atoms with E-state index in [2.05, 4.69) is 27.2 Å². The molecule has 31 heavy (non-hydrogen) atoms. The van der Waals surface area contributed by atoms with Crippen LogP contribution in [-0.4, -0.2) is 43.8 Å². The van der Waals surface area contributed by atoms with E-state index in [4.69, 9.17) is 9.47 Å². The highest BCUT2D eigenvalue weighted by atomic mass is 16.6. The van der Waals surface area contributed by atoms with Crippen LogP contribution in [0.5, 0.6) is 11.5 Å². The first-order valence-corrected chi connectivity index (χ1v) is 10.7. The van der Waals surface area contributed by atoms with Crippen molar-refractivity contribution in [1.29, 1.82) is 0 Å². The molecule has 0 aliphatic carbocycles. The van der Waals surface area contributed by atoms with Gasteiger partial charge in [0.1, 0.15) is 13.2 Å². The predicted octanol–water partition coefficient (Wildman–Crippen LogP) is 2.69. The fourth-order valence-electron chi connectivity index (χ4n) is 4.84. The number of benzene rings is 2. The smallest absolute Gasteiger partial charge is 0.262 e. The fraction of sp³-hybridized carbons (Fsp3) is 0.348. The molecule has 0 N–H and O–H groups in total. The van der Waals surface area contributed by atoms with Crippen LogP contribution in [0.25, 0.3) is 16.7 Å². The summed E-state index contributed by atoms with van der Waals surface area (Å²) in [4.78, 5) is 15.1. The second-order valence-corrected chi connectivity index (χ2v) is 8.16. The molecule has 0 radical (unpaired) electrons. The summed E-state index contributed by atoms with van der Waals surface area (Å²) < 4.78 is 15.0. The minimum absolute atomic E-state index is 0.0580. The van der Waals surface area contributed by atoms with E-state index in [0.29, 0.717) is 30.9 Å². The lowest BCUT2D eigenvalue weighted by Gasteiger charge is -2.26. The van der Waals surface area contributed by atoms with E-state index in [9.17, 15) is 4.79 Å². The molecule has 1 fully saturated rings. The first-order chi connectivity index (χ1) is 15.2. The molecule has 2 aromatic carbocycles. The van der Waals surface area contributed by atoms with Gasteiger partial charge in [-0.15, -0.1) is 10.2 Å². The van der Waals surface area contributed by atoms with Crippen molar-refractivity contribution in [3.8, 4) is 11.5 Å². The molecule has 0 saturated carbocycles. The maximum Gasteiger partial charge on any atom is 0.262 e. The zero-order chi connectivity index (χ0) is 20.9. The molecule has 2 aliphatic rings. The lowest BCUT2D eigenvalue weighted by atomic mass is 10.0. The van der Waals surface area contributed by atoms with Crippen LogP contribution < -0.4 is 15.0 Å². The third-order valence-electron chi connectivity index (χ3n) is 6.35. The zero-order valence-corrected chi connectivity index (χ0v) is 17.3. The number of rotatable bonds is 3. The summed E-state index contributed by atoms with van der Waals surface area (Å²) in [6.45, 7) is 2.82. The molecule has 0 amide bonds. The van der Waals surface area contributed by atoms with Crippen molar-refractivity contribution >= 4 is 16.7 Å². The van der Waals surface area contributed by atoms with Crippen LogP contribution in [0.15, 0.2) is 47.3 Å². The Kier molecular flexibility index (Phi) is 4.21. The molecule has 1 atom stereocenters. The van der Waals surface area contributed by atoms with E-state index in [-0.39, 0.29) is 11.6 Å². The van der Waals surface area contributed by atoms with Crippen LogP contribution in [0.4, 0.5) is 0 Å². The molecule has 0 bridgehead atoms. The molecule has 8 heteroatoms. The van der Waals surface area contributed by atoms with Crippen LogP contribution >= 0.6 is 0 Å². The Bertz CT molecular complexity index is 1360. The second-order valence-electron chi connectivity index (χ2n) is 8.16. The highest BCUT2D eigenvalue weighted by molar-refractivity contribution is 5.80. The third kappa shape index (κ3) is 2.90. The summed E-state index contributed by atoms with van der Waals surface area (Å²) in [6, 6.07) is 14.2. The van der Waals surface area contributed by atoms with E-state index < -0.39 is 0 Å². The standard InChI is InChI=1S/C23H23N5O3/c1-26-22(29)16-5-2-3-6-18(16)28-21(24-25-23(26)28)14-27-10-4-7-17(27)15-8-9-19-20(13-15)31-12-11-30-19/h2-3,5-6,8-9,13,17H,4,7,10-12,14H2,1H3. The van der Waals surface area contributed by atoms with Gasteiger partial charge in [-0.05, 0) is 49.2 Å². The SMILES string of the molecule is Cn1c(=O)c2ccccc2n2c(CN3CCCC3c3ccc4c(c3)OCCO4)nnc12. The van der Waals surface area contributed by atoms with E-state index in [1.165, 1.54) is 5.56 Å². The van der Waals surface area contributed by atoms with Crippen molar-refractivity contribution in [2.24, 2.45) is 7.05 Å². The molecule has 1 saturated heterocycles. The molecular weight excluding hydrogens is 394 g/mol. The molecule has 4 heterocycles. The molecule has 6 rings (SSSR count). The van der Waals surface area contributed by atoms with Crippen LogP contribution in [0.3, 0.4) is 0 Å². The topological polar surface area (TPSA) is 73.9 Å². The number of ether oxygens (including phenoxy) is 2. The van der Waals surface area contributed by atoms with Gasteiger partial charge in [-0.3, -0.25) is 18.7 Å².